The van der Waals surface area contributed by atoms with E-state index in [-0.39, 0.29) is 0 Å². The number of rotatable bonds is 3. The second-order valence-corrected chi connectivity index (χ2v) is 6.18. The first-order chi connectivity index (χ1) is 5.36. The molecule has 0 bridgehead atoms. The third-order valence-corrected chi connectivity index (χ3v) is 5.55. The minimum Gasteiger partial charge on any atom is -0.498 e. The predicted molar refractivity (Wildman–Crippen MR) is 50.1 cm³/mol. The van der Waals surface area contributed by atoms with Gasteiger partial charge in [0.2, 0.25) is 0 Å². The summed E-state index contributed by atoms with van der Waals surface area (Å²) < 4.78 is 6.01. The van der Waals surface area contributed by atoms with E-state index >= 15 is 0 Å². The monoisotopic (exact) mass is 170 g/mol. The van der Waals surface area contributed by atoms with Gasteiger partial charge < -0.3 is 3.79 Å². The van der Waals surface area contributed by atoms with Crippen molar-refractivity contribution in [1.82, 2.24) is 0 Å². The maximum absolute atomic E-state index is 6.01. The lowest BCUT2D eigenvalue weighted by Gasteiger charge is -2.26. The molecule has 1 aliphatic heterocycles. The van der Waals surface area contributed by atoms with Gasteiger partial charge in [-0.25, -0.2) is 0 Å². The highest BCUT2D eigenvalue weighted by Crippen LogP contribution is 2.22. The quantitative estimate of drug-likeness (QED) is 0.592. The Bertz CT molecular complexity index is 104. The molecule has 1 unspecified atom stereocenters. The Morgan fingerprint density at radius 1 is 1.45 bits per heavy atom. The zero-order chi connectivity index (χ0) is 8.10. The van der Waals surface area contributed by atoms with Crippen LogP contribution < -0.4 is 0 Å². The van der Waals surface area contributed by atoms with Crippen LogP contribution >= 0.6 is 0 Å². The maximum atomic E-state index is 6.01. The molecule has 1 heterocycles. The zero-order valence-corrected chi connectivity index (χ0v) is 8.96. The average molecular weight is 170 g/mol. The van der Waals surface area contributed by atoms with E-state index in [4.69, 9.17) is 3.79 Å². The van der Waals surface area contributed by atoms with E-state index in [9.17, 15) is 0 Å². The van der Waals surface area contributed by atoms with Gasteiger partial charge in [-0.3, -0.25) is 0 Å². The van der Waals surface area contributed by atoms with E-state index in [0.29, 0.717) is 6.10 Å². The van der Waals surface area contributed by atoms with Crippen molar-refractivity contribution < 1.29 is 3.79 Å². The molecular weight excluding hydrogens is 151 g/mol. The standard InChI is InChI=1S/C6H12O.C3H7.Al/c1-3-5-6(7)4-2;1-3-2;/h6H,1,3-5H2,2H3;1,3H2,2H3;/q-1;;+1. The van der Waals surface area contributed by atoms with Crippen molar-refractivity contribution in [1.29, 1.82) is 0 Å². The Kier molecular flexibility index (Phi) is 4.52. The number of hydrogen-bond acceptors (Lipinski definition) is 1. The van der Waals surface area contributed by atoms with E-state index in [0.717, 1.165) is 0 Å². The van der Waals surface area contributed by atoms with Gasteiger partial charge in [-0.1, -0.05) is 37.3 Å². The Balaban J connectivity index is 2.21. The van der Waals surface area contributed by atoms with Crippen molar-refractivity contribution in [2.45, 2.75) is 56.2 Å². The first kappa shape index (κ1) is 9.58. The smallest absolute Gasteiger partial charge is 0.460 e. The molecule has 1 saturated heterocycles. The van der Waals surface area contributed by atoms with Crippen LogP contribution in [0.2, 0.25) is 10.6 Å². The molecule has 1 atom stereocenters. The summed E-state index contributed by atoms with van der Waals surface area (Å²) >= 11 is -0.702. The highest BCUT2D eigenvalue weighted by molar-refractivity contribution is 6.52. The zero-order valence-electron chi connectivity index (χ0n) is 7.81. The van der Waals surface area contributed by atoms with Crippen LogP contribution in [0.25, 0.3) is 0 Å². The Morgan fingerprint density at radius 2 is 2.27 bits per heavy atom. The number of hydrogen-bond donors (Lipinski definition) is 0. The lowest BCUT2D eigenvalue weighted by atomic mass is 10.2. The van der Waals surface area contributed by atoms with Crippen molar-refractivity contribution in [3.63, 3.8) is 0 Å². The van der Waals surface area contributed by atoms with Crippen LogP contribution in [0.1, 0.15) is 39.5 Å². The van der Waals surface area contributed by atoms with Crippen LogP contribution in [0.3, 0.4) is 0 Å². The van der Waals surface area contributed by atoms with E-state index in [2.05, 4.69) is 13.8 Å². The normalized spacial score (nSPS) is 25.6. The third kappa shape index (κ3) is 3.15. The minimum absolute atomic E-state index is 0.631. The van der Waals surface area contributed by atoms with Crippen molar-refractivity contribution in [2.24, 2.45) is 0 Å². The second kappa shape index (κ2) is 5.19. The van der Waals surface area contributed by atoms with Crippen molar-refractivity contribution in [2.75, 3.05) is 0 Å². The summed E-state index contributed by atoms with van der Waals surface area (Å²) in [7, 11) is 0. The Hall–Kier alpha value is 0.492. The summed E-state index contributed by atoms with van der Waals surface area (Å²) in [6.07, 6.45) is 5.95. The van der Waals surface area contributed by atoms with Crippen molar-refractivity contribution >= 4 is 14.5 Å². The lowest BCUT2D eigenvalue weighted by molar-refractivity contribution is 0.165. The summed E-state index contributed by atoms with van der Waals surface area (Å²) in [5, 5.41) is 2.83. The largest absolute Gasteiger partial charge is 0.498 e. The molecule has 64 valence electrons. The molecule has 1 fully saturated rings. The van der Waals surface area contributed by atoms with E-state index in [1.807, 2.05) is 0 Å². The highest BCUT2D eigenvalue weighted by Gasteiger charge is 2.26. The molecule has 1 aliphatic rings. The van der Waals surface area contributed by atoms with E-state index < -0.39 is 14.5 Å². The van der Waals surface area contributed by atoms with Crippen LogP contribution in [0, 0.1) is 0 Å². The molecule has 2 heteroatoms. The summed E-state index contributed by atoms with van der Waals surface area (Å²) in [6.45, 7) is 4.51. The molecule has 0 N–H and O–H groups in total. The summed E-state index contributed by atoms with van der Waals surface area (Å²) in [5.74, 6) is 0. The Labute approximate surface area is 74.9 Å². The van der Waals surface area contributed by atoms with Crippen molar-refractivity contribution in [3.05, 3.63) is 0 Å². The van der Waals surface area contributed by atoms with Crippen LogP contribution in [0.15, 0.2) is 0 Å². The van der Waals surface area contributed by atoms with Crippen LogP contribution in [-0.4, -0.2) is 20.6 Å². The maximum Gasteiger partial charge on any atom is 0.460 e. The van der Waals surface area contributed by atoms with Crippen LogP contribution in [0.4, 0.5) is 0 Å². The fourth-order valence-electron chi connectivity index (χ4n) is 1.82. The molecule has 1 nitrogen and oxygen atoms in total. The summed E-state index contributed by atoms with van der Waals surface area (Å²) in [4.78, 5) is 0. The highest BCUT2D eigenvalue weighted by atomic mass is 27.2. The molecule has 0 aliphatic carbocycles. The lowest BCUT2D eigenvalue weighted by Crippen LogP contribution is -2.29. The molecule has 0 aromatic heterocycles. The molecule has 0 aromatic carbocycles. The van der Waals surface area contributed by atoms with Gasteiger partial charge in [0.25, 0.3) is 0 Å². The van der Waals surface area contributed by atoms with Gasteiger partial charge in [-0.2, -0.15) is 0 Å². The topological polar surface area (TPSA) is 9.23 Å². The molecule has 0 aromatic rings. The SMILES string of the molecule is CC[CH2][Al]1[CH2]CCC(CC)[O]1. The molecule has 0 spiro atoms. The van der Waals surface area contributed by atoms with Gasteiger partial charge >= 0.3 is 14.5 Å². The molecule has 0 radical (unpaired) electrons. The molecule has 11 heavy (non-hydrogen) atoms. The van der Waals surface area contributed by atoms with Gasteiger partial charge in [0, 0.05) is 6.10 Å². The van der Waals surface area contributed by atoms with Gasteiger partial charge in [0.05, 0.1) is 0 Å². The molecule has 1 rings (SSSR count). The molecule has 0 amide bonds. The van der Waals surface area contributed by atoms with Crippen LogP contribution in [-0.2, 0) is 3.79 Å². The second-order valence-electron chi connectivity index (χ2n) is 3.51. The van der Waals surface area contributed by atoms with Gasteiger partial charge in [0.15, 0.2) is 0 Å². The molecular formula is C9H19AlO. The predicted octanol–water partition coefficient (Wildman–Crippen LogP) is 2.98. The Morgan fingerprint density at radius 3 is 2.91 bits per heavy atom. The van der Waals surface area contributed by atoms with Gasteiger partial charge in [0.1, 0.15) is 0 Å². The summed E-state index contributed by atoms with van der Waals surface area (Å²) in [5.41, 5.74) is 0. The fraction of sp³-hybridized carbons (Fsp3) is 1.00. The van der Waals surface area contributed by atoms with Crippen molar-refractivity contribution in [3.8, 4) is 0 Å². The van der Waals surface area contributed by atoms with Gasteiger partial charge in [-0.15, -0.1) is 0 Å². The average Bonchev–Trinajstić information content (AvgIpc) is 2.06. The fourth-order valence-corrected chi connectivity index (χ4v) is 4.58. The van der Waals surface area contributed by atoms with E-state index in [1.165, 1.54) is 36.2 Å². The van der Waals surface area contributed by atoms with E-state index in [1.54, 1.807) is 0 Å². The van der Waals surface area contributed by atoms with Crippen LogP contribution in [0.5, 0.6) is 0 Å². The van der Waals surface area contributed by atoms with Gasteiger partial charge in [-0.05, 0) is 12.8 Å². The minimum atomic E-state index is -0.702. The molecule has 0 saturated carbocycles. The third-order valence-electron chi connectivity index (χ3n) is 2.50. The first-order valence-corrected chi connectivity index (χ1v) is 7.12. The first-order valence-electron chi connectivity index (χ1n) is 5.02. The summed E-state index contributed by atoms with van der Waals surface area (Å²) in [6, 6.07) is 0.